The Bertz CT molecular complexity index is 931. The van der Waals surface area contributed by atoms with E-state index in [0.29, 0.717) is 18.3 Å². The van der Waals surface area contributed by atoms with Crippen LogP contribution in [0.2, 0.25) is 0 Å². The first-order valence-corrected chi connectivity index (χ1v) is 8.68. The highest BCUT2D eigenvalue weighted by atomic mass is 16.5. The van der Waals surface area contributed by atoms with Gasteiger partial charge in [-0.05, 0) is 31.5 Å². The van der Waals surface area contributed by atoms with Gasteiger partial charge in [0, 0.05) is 17.8 Å². The molecule has 138 valence electrons. The van der Waals surface area contributed by atoms with Crippen molar-refractivity contribution in [1.29, 1.82) is 0 Å². The molecule has 0 fully saturated rings. The van der Waals surface area contributed by atoms with Gasteiger partial charge >= 0.3 is 6.03 Å². The van der Waals surface area contributed by atoms with E-state index in [9.17, 15) is 4.79 Å². The van der Waals surface area contributed by atoms with Crippen molar-refractivity contribution in [3.63, 3.8) is 0 Å². The number of carbonyl (C=O) groups excluding carboxylic acids is 1. The minimum atomic E-state index is -0.254. The summed E-state index contributed by atoms with van der Waals surface area (Å²) in [4.78, 5) is 18.6. The fourth-order valence-electron chi connectivity index (χ4n) is 2.60. The van der Waals surface area contributed by atoms with Crippen LogP contribution in [0.25, 0.3) is 11.4 Å². The third kappa shape index (κ3) is 4.82. The number of aryl methyl sites for hydroxylation is 2. The van der Waals surface area contributed by atoms with Crippen LogP contribution >= 0.6 is 0 Å². The molecular formula is C21H22N4O2. The zero-order valence-electron chi connectivity index (χ0n) is 15.5. The molecule has 0 aliphatic carbocycles. The predicted octanol–water partition coefficient (Wildman–Crippen LogP) is 4.57. The molecule has 1 aromatic heterocycles. The van der Waals surface area contributed by atoms with Gasteiger partial charge in [-0.25, -0.2) is 4.79 Å². The van der Waals surface area contributed by atoms with E-state index in [4.69, 9.17) is 4.52 Å². The van der Waals surface area contributed by atoms with Crippen LogP contribution in [-0.4, -0.2) is 27.6 Å². The number of aromatic nitrogens is 2. The van der Waals surface area contributed by atoms with Crippen LogP contribution in [0.3, 0.4) is 0 Å². The van der Waals surface area contributed by atoms with E-state index in [2.05, 4.69) is 22.0 Å². The van der Waals surface area contributed by atoms with E-state index in [1.807, 2.05) is 62.4 Å². The first-order chi connectivity index (χ1) is 13.0. The summed E-state index contributed by atoms with van der Waals surface area (Å²) in [7, 11) is 0. The van der Waals surface area contributed by atoms with Crippen molar-refractivity contribution < 1.29 is 9.32 Å². The Balaban J connectivity index is 1.71. The highest BCUT2D eigenvalue weighted by molar-refractivity contribution is 5.89. The summed E-state index contributed by atoms with van der Waals surface area (Å²) < 4.78 is 5.33. The second-order valence-electron chi connectivity index (χ2n) is 6.35. The minimum absolute atomic E-state index is 0.197. The van der Waals surface area contributed by atoms with Crippen molar-refractivity contribution in [1.82, 2.24) is 15.0 Å². The zero-order valence-corrected chi connectivity index (χ0v) is 15.5. The second-order valence-corrected chi connectivity index (χ2v) is 6.35. The van der Waals surface area contributed by atoms with Crippen molar-refractivity contribution in [2.24, 2.45) is 0 Å². The van der Waals surface area contributed by atoms with Gasteiger partial charge in [0.15, 0.2) is 0 Å². The molecule has 0 saturated heterocycles. The molecule has 0 bridgehead atoms. The summed E-state index contributed by atoms with van der Waals surface area (Å²) in [6.07, 6.45) is 1.66. The number of hydrogen-bond acceptors (Lipinski definition) is 4. The molecule has 0 saturated carbocycles. The Morgan fingerprint density at radius 2 is 1.96 bits per heavy atom. The number of hydrogen-bond donors (Lipinski definition) is 1. The Kier molecular flexibility index (Phi) is 5.66. The minimum Gasteiger partial charge on any atom is -0.337 e. The number of amides is 2. The summed E-state index contributed by atoms with van der Waals surface area (Å²) in [5, 5.41) is 6.90. The molecule has 2 aromatic carbocycles. The number of carbonyl (C=O) groups is 1. The van der Waals surface area contributed by atoms with E-state index in [1.165, 1.54) is 0 Å². The fraction of sp³-hybridized carbons (Fsp3) is 0.190. The summed E-state index contributed by atoms with van der Waals surface area (Å²) >= 11 is 0. The Morgan fingerprint density at radius 3 is 2.67 bits per heavy atom. The number of anilines is 1. The van der Waals surface area contributed by atoms with Gasteiger partial charge in [0.05, 0.1) is 0 Å². The molecule has 27 heavy (non-hydrogen) atoms. The van der Waals surface area contributed by atoms with Gasteiger partial charge in [-0.1, -0.05) is 53.2 Å². The average Bonchev–Trinajstić information content (AvgIpc) is 3.10. The zero-order chi connectivity index (χ0) is 19.2. The van der Waals surface area contributed by atoms with Crippen molar-refractivity contribution in [3.05, 3.63) is 78.2 Å². The van der Waals surface area contributed by atoms with Crippen LogP contribution < -0.4 is 5.32 Å². The largest absolute Gasteiger partial charge is 0.337 e. The third-order valence-corrected chi connectivity index (χ3v) is 4.01. The van der Waals surface area contributed by atoms with Crippen LogP contribution in [0.4, 0.5) is 10.5 Å². The van der Waals surface area contributed by atoms with Crippen LogP contribution in [0, 0.1) is 13.8 Å². The topological polar surface area (TPSA) is 71.3 Å². The average molecular weight is 362 g/mol. The Morgan fingerprint density at radius 1 is 1.19 bits per heavy atom. The molecule has 3 rings (SSSR count). The normalized spacial score (nSPS) is 10.4. The Hall–Kier alpha value is -3.41. The first-order valence-electron chi connectivity index (χ1n) is 8.68. The van der Waals surface area contributed by atoms with E-state index in [1.54, 1.807) is 11.0 Å². The van der Waals surface area contributed by atoms with Gasteiger partial charge in [0.2, 0.25) is 11.7 Å². The van der Waals surface area contributed by atoms with Crippen LogP contribution in [0.5, 0.6) is 0 Å². The van der Waals surface area contributed by atoms with Gasteiger partial charge in [-0.15, -0.1) is 6.58 Å². The maximum absolute atomic E-state index is 12.6. The van der Waals surface area contributed by atoms with E-state index >= 15 is 0 Å². The van der Waals surface area contributed by atoms with Crippen molar-refractivity contribution in [3.8, 4) is 11.4 Å². The van der Waals surface area contributed by atoms with Crippen molar-refractivity contribution in [2.45, 2.75) is 20.4 Å². The summed E-state index contributed by atoms with van der Waals surface area (Å²) in [6.45, 7) is 8.27. The highest BCUT2D eigenvalue weighted by Gasteiger charge is 2.17. The quantitative estimate of drug-likeness (QED) is 0.652. The maximum atomic E-state index is 12.6. The lowest BCUT2D eigenvalue weighted by Crippen LogP contribution is -2.34. The molecule has 6 heteroatoms. The molecule has 3 aromatic rings. The summed E-state index contributed by atoms with van der Waals surface area (Å²) in [5.41, 5.74) is 3.84. The maximum Gasteiger partial charge on any atom is 0.322 e. The number of benzene rings is 2. The molecule has 0 atom stereocenters. The summed E-state index contributed by atoms with van der Waals surface area (Å²) in [5.74, 6) is 0.870. The lowest BCUT2D eigenvalue weighted by atomic mass is 10.1. The molecular weight excluding hydrogens is 340 g/mol. The molecule has 0 spiro atoms. The predicted molar refractivity (Wildman–Crippen MR) is 105 cm³/mol. The summed E-state index contributed by atoms with van der Waals surface area (Å²) in [6, 6.07) is 15.2. The van der Waals surface area contributed by atoms with Gasteiger partial charge in [-0.2, -0.15) is 4.98 Å². The molecule has 0 aliphatic heterocycles. The van der Waals surface area contributed by atoms with Crippen molar-refractivity contribution in [2.75, 3.05) is 11.9 Å². The molecule has 6 nitrogen and oxygen atoms in total. The van der Waals surface area contributed by atoms with Gasteiger partial charge in [0.1, 0.15) is 6.54 Å². The van der Waals surface area contributed by atoms with Crippen LogP contribution in [0.1, 0.15) is 17.0 Å². The fourth-order valence-corrected chi connectivity index (χ4v) is 2.60. The molecule has 0 aliphatic rings. The van der Waals surface area contributed by atoms with Gasteiger partial charge in [0.25, 0.3) is 0 Å². The number of nitrogens with zero attached hydrogens (tertiary/aromatic N) is 3. The SMILES string of the molecule is C=CCN(Cc1nc(-c2ccc(C)cc2)no1)C(=O)Nc1cccc(C)c1. The van der Waals surface area contributed by atoms with Gasteiger partial charge < -0.3 is 14.7 Å². The lowest BCUT2D eigenvalue weighted by Gasteiger charge is -2.19. The molecule has 1 N–H and O–H groups in total. The van der Waals surface area contributed by atoms with Gasteiger partial charge in [-0.3, -0.25) is 0 Å². The standard InChI is InChI=1S/C21H22N4O2/c1-4-12-25(21(26)22-18-7-5-6-16(3)13-18)14-19-23-20(24-27-19)17-10-8-15(2)9-11-17/h4-11,13H,1,12,14H2,2-3H3,(H,22,26). The van der Waals surface area contributed by atoms with E-state index in [0.717, 1.165) is 22.4 Å². The van der Waals surface area contributed by atoms with E-state index < -0.39 is 0 Å². The van der Waals surface area contributed by atoms with Crippen molar-refractivity contribution >= 4 is 11.7 Å². The smallest absolute Gasteiger partial charge is 0.322 e. The Labute approximate surface area is 158 Å². The van der Waals surface area contributed by atoms with Crippen LogP contribution in [-0.2, 0) is 6.54 Å². The number of nitrogens with one attached hydrogen (secondary N) is 1. The molecule has 2 amide bonds. The second kappa shape index (κ2) is 8.31. The number of rotatable bonds is 6. The lowest BCUT2D eigenvalue weighted by molar-refractivity contribution is 0.206. The molecule has 0 radical (unpaired) electrons. The monoisotopic (exact) mass is 362 g/mol. The molecule has 1 heterocycles. The van der Waals surface area contributed by atoms with E-state index in [-0.39, 0.29) is 12.6 Å². The number of urea groups is 1. The highest BCUT2D eigenvalue weighted by Crippen LogP contribution is 2.17. The molecule has 0 unspecified atom stereocenters. The first kappa shape index (κ1) is 18.4. The van der Waals surface area contributed by atoms with Crippen LogP contribution in [0.15, 0.2) is 65.7 Å². The third-order valence-electron chi connectivity index (χ3n) is 4.01.